The van der Waals surface area contributed by atoms with Crippen LogP contribution in [0.25, 0.3) is 5.57 Å². The molecule has 1 aromatic carbocycles. The third kappa shape index (κ3) is 3.36. The zero-order valence-corrected chi connectivity index (χ0v) is 10.9. The average Bonchev–Trinajstić information content (AvgIpc) is 2.46. The first-order valence-corrected chi connectivity index (χ1v) is 6.07. The van der Waals surface area contributed by atoms with Crippen LogP contribution >= 0.6 is 11.6 Å². The SMILES string of the molecule is N=C(Cl)/C(=C\C(=N)c1cccnc1)c1ccccc1. The average molecular weight is 270 g/mol. The predicted molar refractivity (Wildman–Crippen MR) is 79.1 cm³/mol. The number of rotatable bonds is 4. The molecule has 0 amide bonds. The quantitative estimate of drug-likeness (QED) is 0.816. The van der Waals surface area contributed by atoms with Gasteiger partial charge in [-0.25, -0.2) is 0 Å². The van der Waals surface area contributed by atoms with Gasteiger partial charge in [0.1, 0.15) is 5.17 Å². The van der Waals surface area contributed by atoms with Crippen LogP contribution in [0.3, 0.4) is 0 Å². The summed E-state index contributed by atoms with van der Waals surface area (Å²) in [5, 5.41) is 15.6. The fourth-order valence-corrected chi connectivity index (χ4v) is 1.80. The van der Waals surface area contributed by atoms with E-state index in [1.54, 1.807) is 30.6 Å². The lowest BCUT2D eigenvalue weighted by Crippen LogP contribution is -2.00. The molecule has 3 nitrogen and oxygen atoms in total. The van der Waals surface area contributed by atoms with Gasteiger partial charge in [0.2, 0.25) is 0 Å². The second-order valence-electron chi connectivity index (χ2n) is 3.89. The maximum Gasteiger partial charge on any atom is 0.128 e. The lowest BCUT2D eigenvalue weighted by atomic mass is 10.0. The first kappa shape index (κ1) is 13.2. The van der Waals surface area contributed by atoms with Crippen LogP contribution in [0.5, 0.6) is 0 Å². The number of halogens is 1. The molecular weight excluding hydrogens is 258 g/mol. The van der Waals surface area contributed by atoms with Crippen LogP contribution in [0.2, 0.25) is 0 Å². The third-order valence-corrected chi connectivity index (χ3v) is 2.79. The van der Waals surface area contributed by atoms with Gasteiger partial charge in [-0.15, -0.1) is 0 Å². The van der Waals surface area contributed by atoms with E-state index in [4.69, 9.17) is 22.4 Å². The Morgan fingerprint density at radius 1 is 1.00 bits per heavy atom. The fourth-order valence-electron chi connectivity index (χ4n) is 1.64. The zero-order chi connectivity index (χ0) is 13.7. The Kier molecular flexibility index (Phi) is 4.21. The molecule has 2 rings (SSSR count). The maximum atomic E-state index is 8.03. The molecule has 0 saturated carbocycles. The molecule has 0 aliphatic carbocycles. The van der Waals surface area contributed by atoms with Crippen LogP contribution in [0, 0.1) is 10.8 Å². The number of hydrogen-bond donors (Lipinski definition) is 2. The number of nitrogens with one attached hydrogen (secondary N) is 2. The van der Waals surface area contributed by atoms with Crippen LogP contribution in [0.4, 0.5) is 0 Å². The molecule has 1 heterocycles. The van der Waals surface area contributed by atoms with Gasteiger partial charge in [0.25, 0.3) is 0 Å². The lowest BCUT2D eigenvalue weighted by molar-refractivity contribution is 1.31. The molecule has 19 heavy (non-hydrogen) atoms. The number of allylic oxidation sites excluding steroid dienone is 2. The minimum Gasteiger partial charge on any atom is -0.300 e. The van der Waals surface area contributed by atoms with E-state index in [1.165, 1.54) is 0 Å². The Bertz CT molecular complexity index is 618. The number of nitrogens with zero attached hydrogens (tertiary/aromatic N) is 1. The second-order valence-corrected chi connectivity index (χ2v) is 4.27. The first-order valence-electron chi connectivity index (χ1n) is 5.69. The molecular formula is C15H12ClN3. The Hall–Kier alpha value is -2.26. The molecule has 1 aromatic heterocycles. The van der Waals surface area contributed by atoms with Crippen LogP contribution in [-0.2, 0) is 0 Å². The molecule has 0 fully saturated rings. The van der Waals surface area contributed by atoms with Crippen LogP contribution in [0.15, 0.2) is 60.9 Å². The summed E-state index contributed by atoms with van der Waals surface area (Å²) in [7, 11) is 0. The molecule has 0 aliphatic heterocycles. The van der Waals surface area contributed by atoms with Gasteiger partial charge in [-0.2, -0.15) is 0 Å². The van der Waals surface area contributed by atoms with E-state index in [2.05, 4.69) is 4.98 Å². The molecule has 2 aromatic rings. The van der Waals surface area contributed by atoms with Crippen LogP contribution in [-0.4, -0.2) is 15.9 Å². The summed E-state index contributed by atoms with van der Waals surface area (Å²) >= 11 is 5.81. The topological polar surface area (TPSA) is 60.6 Å². The summed E-state index contributed by atoms with van der Waals surface area (Å²) in [5.41, 5.74) is 2.30. The van der Waals surface area contributed by atoms with E-state index in [0.717, 1.165) is 5.56 Å². The van der Waals surface area contributed by atoms with Crippen molar-refractivity contribution in [3.05, 3.63) is 72.1 Å². The van der Waals surface area contributed by atoms with Gasteiger partial charge in [0.15, 0.2) is 0 Å². The molecule has 0 spiro atoms. The van der Waals surface area contributed by atoms with E-state index in [9.17, 15) is 0 Å². The number of hydrogen-bond acceptors (Lipinski definition) is 3. The number of benzene rings is 1. The highest BCUT2D eigenvalue weighted by molar-refractivity contribution is 6.75. The highest BCUT2D eigenvalue weighted by atomic mass is 35.5. The molecule has 4 heteroatoms. The summed E-state index contributed by atoms with van der Waals surface area (Å²) in [6.07, 6.45) is 4.85. The van der Waals surface area contributed by atoms with Gasteiger partial charge in [-0.3, -0.25) is 10.4 Å². The molecule has 0 aliphatic rings. The van der Waals surface area contributed by atoms with Crippen molar-refractivity contribution in [3.8, 4) is 0 Å². The molecule has 0 radical (unpaired) electrons. The summed E-state index contributed by atoms with van der Waals surface area (Å²) in [4.78, 5) is 3.97. The fraction of sp³-hybridized carbons (Fsp3) is 0. The predicted octanol–water partition coefficient (Wildman–Crippen LogP) is 3.75. The third-order valence-electron chi connectivity index (χ3n) is 2.58. The van der Waals surface area contributed by atoms with Gasteiger partial charge in [0, 0.05) is 23.5 Å². The zero-order valence-electron chi connectivity index (χ0n) is 10.1. The Morgan fingerprint density at radius 3 is 2.26 bits per heavy atom. The molecule has 0 unspecified atom stereocenters. The van der Waals surface area contributed by atoms with E-state index >= 15 is 0 Å². The van der Waals surface area contributed by atoms with Crippen molar-refractivity contribution in [1.82, 2.24) is 4.98 Å². The van der Waals surface area contributed by atoms with Crippen molar-refractivity contribution in [1.29, 1.82) is 10.8 Å². The molecule has 0 atom stereocenters. The molecule has 2 N–H and O–H groups in total. The normalized spacial score (nSPS) is 11.1. The first-order chi connectivity index (χ1) is 9.18. The van der Waals surface area contributed by atoms with Gasteiger partial charge >= 0.3 is 0 Å². The smallest absolute Gasteiger partial charge is 0.128 e. The number of pyridine rings is 1. The van der Waals surface area contributed by atoms with Gasteiger partial charge in [0.05, 0.1) is 5.71 Å². The Morgan fingerprint density at radius 2 is 1.68 bits per heavy atom. The van der Waals surface area contributed by atoms with Crippen LogP contribution in [0.1, 0.15) is 11.1 Å². The van der Waals surface area contributed by atoms with Crippen molar-refractivity contribution in [2.24, 2.45) is 0 Å². The van der Waals surface area contributed by atoms with E-state index in [0.29, 0.717) is 11.1 Å². The largest absolute Gasteiger partial charge is 0.300 e. The molecule has 0 bridgehead atoms. The Balaban J connectivity index is 2.38. The van der Waals surface area contributed by atoms with E-state index in [1.807, 2.05) is 30.3 Å². The summed E-state index contributed by atoms with van der Waals surface area (Å²) in [6.45, 7) is 0. The highest BCUT2D eigenvalue weighted by Crippen LogP contribution is 2.18. The van der Waals surface area contributed by atoms with E-state index < -0.39 is 0 Å². The highest BCUT2D eigenvalue weighted by Gasteiger charge is 2.07. The summed E-state index contributed by atoms with van der Waals surface area (Å²) in [6, 6.07) is 12.9. The van der Waals surface area contributed by atoms with Crippen molar-refractivity contribution >= 4 is 28.1 Å². The van der Waals surface area contributed by atoms with Gasteiger partial charge < -0.3 is 5.41 Å². The van der Waals surface area contributed by atoms with E-state index in [-0.39, 0.29) is 10.9 Å². The van der Waals surface area contributed by atoms with Gasteiger partial charge in [-0.1, -0.05) is 41.9 Å². The minimum absolute atomic E-state index is 0.0835. The van der Waals surface area contributed by atoms with Crippen molar-refractivity contribution in [2.45, 2.75) is 0 Å². The monoisotopic (exact) mass is 269 g/mol. The van der Waals surface area contributed by atoms with Crippen molar-refractivity contribution < 1.29 is 0 Å². The number of aromatic nitrogens is 1. The molecule has 94 valence electrons. The van der Waals surface area contributed by atoms with Gasteiger partial charge in [-0.05, 0) is 23.8 Å². The second kappa shape index (κ2) is 6.07. The van der Waals surface area contributed by atoms with Crippen molar-refractivity contribution in [2.75, 3.05) is 0 Å². The van der Waals surface area contributed by atoms with Crippen molar-refractivity contribution in [3.63, 3.8) is 0 Å². The summed E-state index contributed by atoms with van der Waals surface area (Å²) in [5.74, 6) is 0. The molecule has 0 saturated heterocycles. The Labute approximate surface area is 116 Å². The maximum absolute atomic E-state index is 8.03. The summed E-state index contributed by atoms with van der Waals surface area (Å²) < 4.78 is 0. The van der Waals surface area contributed by atoms with Crippen LogP contribution < -0.4 is 0 Å². The standard InChI is InChI=1S/C15H12ClN3/c16-15(18)13(11-5-2-1-3-6-11)9-14(17)12-7-4-8-19-10-12/h1-10,17-18H/b13-9-,17-14?,18-15?. The minimum atomic E-state index is -0.0835. The lowest BCUT2D eigenvalue weighted by Gasteiger charge is -2.05.